The topological polar surface area (TPSA) is 55.1 Å². The fraction of sp³-hybridized carbons (Fsp3) is 0.909. The molecule has 0 saturated heterocycles. The van der Waals surface area contributed by atoms with Gasteiger partial charge in [0.05, 0.1) is 0 Å². The van der Waals surface area contributed by atoms with Gasteiger partial charge in [0.2, 0.25) is 5.91 Å². The molecule has 0 radical (unpaired) electrons. The zero-order chi connectivity index (χ0) is 9.76. The molecule has 1 amide bonds. The second-order valence-electron chi connectivity index (χ2n) is 5.25. The summed E-state index contributed by atoms with van der Waals surface area (Å²) in [6, 6.07) is 0.585. The van der Waals surface area contributed by atoms with E-state index < -0.39 is 0 Å². The average molecular weight is 194 g/mol. The van der Waals surface area contributed by atoms with Crippen molar-refractivity contribution in [1.82, 2.24) is 5.32 Å². The molecule has 3 heteroatoms. The van der Waals surface area contributed by atoms with E-state index >= 15 is 0 Å². The van der Waals surface area contributed by atoms with E-state index in [1.165, 1.54) is 32.1 Å². The quantitative estimate of drug-likeness (QED) is 0.697. The number of nitrogens with one attached hydrogen (secondary N) is 1. The summed E-state index contributed by atoms with van der Waals surface area (Å²) >= 11 is 0. The lowest BCUT2D eigenvalue weighted by Crippen LogP contribution is -2.59. The molecule has 0 heterocycles. The zero-order valence-electron chi connectivity index (χ0n) is 8.46. The van der Waals surface area contributed by atoms with Crippen LogP contribution in [-0.2, 0) is 4.79 Å². The maximum atomic E-state index is 11.6. The number of hydrogen-bond donors (Lipinski definition) is 2. The molecule has 3 aliphatic carbocycles. The van der Waals surface area contributed by atoms with Crippen molar-refractivity contribution < 1.29 is 4.79 Å². The fourth-order valence-electron chi connectivity index (χ4n) is 3.15. The molecule has 0 aliphatic heterocycles. The summed E-state index contributed by atoms with van der Waals surface area (Å²) < 4.78 is 0. The molecule has 0 aromatic heterocycles. The molecule has 3 unspecified atom stereocenters. The standard InChI is InChI=1S/C11H18N2O/c12-10(14)11(13-8-3-4-8)5-1-2-7-6-9(7)11/h7-9,13H,1-6H2,(H2,12,14). The molecule has 3 N–H and O–H groups in total. The Labute approximate surface area is 84.4 Å². The van der Waals surface area contributed by atoms with Crippen molar-refractivity contribution in [3.8, 4) is 0 Å². The van der Waals surface area contributed by atoms with Gasteiger partial charge >= 0.3 is 0 Å². The van der Waals surface area contributed by atoms with Crippen LogP contribution in [0.15, 0.2) is 0 Å². The summed E-state index contributed by atoms with van der Waals surface area (Å²) in [7, 11) is 0. The van der Waals surface area contributed by atoms with Gasteiger partial charge in [0.25, 0.3) is 0 Å². The van der Waals surface area contributed by atoms with E-state index in [1.54, 1.807) is 0 Å². The number of fused-ring (bicyclic) bond motifs is 1. The van der Waals surface area contributed by atoms with E-state index in [0.717, 1.165) is 12.3 Å². The van der Waals surface area contributed by atoms with Gasteiger partial charge in [-0.1, -0.05) is 12.8 Å². The summed E-state index contributed by atoms with van der Waals surface area (Å²) in [4.78, 5) is 11.6. The summed E-state index contributed by atoms with van der Waals surface area (Å²) in [6.07, 6.45) is 7.14. The first-order valence-electron chi connectivity index (χ1n) is 5.80. The van der Waals surface area contributed by atoms with E-state index in [1.807, 2.05) is 0 Å². The third-order valence-electron chi connectivity index (χ3n) is 4.18. The van der Waals surface area contributed by atoms with Crippen LogP contribution in [0.25, 0.3) is 0 Å². The molecular weight excluding hydrogens is 176 g/mol. The Morgan fingerprint density at radius 2 is 2.14 bits per heavy atom. The van der Waals surface area contributed by atoms with Crippen LogP contribution in [0.3, 0.4) is 0 Å². The molecule has 3 rings (SSSR count). The number of amides is 1. The monoisotopic (exact) mass is 194 g/mol. The molecule has 3 nitrogen and oxygen atoms in total. The normalized spacial score (nSPS) is 45.7. The molecule has 0 aromatic rings. The Morgan fingerprint density at radius 1 is 1.36 bits per heavy atom. The highest BCUT2D eigenvalue weighted by Crippen LogP contribution is 2.55. The minimum atomic E-state index is -0.315. The molecule has 14 heavy (non-hydrogen) atoms. The van der Waals surface area contributed by atoms with Crippen molar-refractivity contribution in [2.24, 2.45) is 17.6 Å². The van der Waals surface area contributed by atoms with Gasteiger partial charge in [-0.05, 0) is 37.5 Å². The van der Waals surface area contributed by atoms with Crippen LogP contribution in [-0.4, -0.2) is 17.5 Å². The van der Waals surface area contributed by atoms with Crippen molar-refractivity contribution in [3.63, 3.8) is 0 Å². The van der Waals surface area contributed by atoms with Crippen LogP contribution in [0, 0.1) is 11.8 Å². The molecular formula is C11H18N2O. The highest BCUT2D eigenvalue weighted by atomic mass is 16.1. The van der Waals surface area contributed by atoms with Crippen molar-refractivity contribution in [2.75, 3.05) is 0 Å². The van der Waals surface area contributed by atoms with Gasteiger partial charge in [0.15, 0.2) is 0 Å². The molecule has 3 atom stereocenters. The van der Waals surface area contributed by atoms with Crippen molar-refractivity contribution in [3.05, 3.63) is 0 Å². The number of rotatable bonds is 3. The predicted octanol–water partition coefficient (Wildman–Crippen LogP) is 0.782. The fourth-order valence-corrected chi connectivity index (χ4v) is 3.15. The Morgan fingerprint density at radius 3 is 2.79 bits per heavy atom. The first-order valence-corrected chi connectivity index (χ1v) is 5.80. The number of primary amides is 1. The summed E-state index contributed by atoms with van der Waals surface area (Å²) in [5, 5.41) is 3.52. The Kier molecular flexibility index (Phi) is 1.69. The van der Waals surface area contributed by atoms with Gasteiger partial charge in [-0.15, -0.1) is 0 Å². The number of hydrogen-bond acceptors (Lipinski definition) is 2. The van der Waals surface area contributed by atoms with Gasteiger partial charge in [-0.25, -0.2) is 0 Å². The lowest BCUT2D eigenvalue weighted by molar-refractivity contribution is -0.126. The summed E-state index contributed by atoms with van der Waals surface area (Å²) in [5.74, 6) is 1.26. The minimum Gasteiger partial charge on any atom is -0.368 e. The van der Waals surface area contributed by atoms with Crippen LogP contribution in [0.1, 0.15) is 38.5 Å². The number of nitrogens with two attached hydrogens (primary N) is 1. The van der Waals surface area contributed by atoms with Crippen molar-refractivity contribution in [2.45, 2.75) is 50.1 Å². The van der Waals surface area contributed by atoms with E-state index in [0.29, 0.717) is 12.0 Å². The number of carbonyl (C=O) groups excluding carboxylic acids is 1. The zero-order valence-corrected chi connectivity index (χ0v) is 8.46. The maximum Gasteiger partial charge on any atom is 0.238 e. The largest absolute Gasteiger partial charge is 0.368 e. The van der Waals surface area contributed by atoms with E-state index in [9.17, 15) is 4.79 Å². The van der Waals surface area contributed by atoms with E-state index in [4.69, 9.17) is 5.73 Å². The van der Waals surface area contributed by atoms with Gasteiger partial charge in [-0.2, -0.15) is 0 Å². The Balaban J connectivity index is 1.82. The van der Waals surface area contributed by atoms with Crippen LogP contribution >= 0.6 is 0 Å². The Bertz CT molecular complexity index is 274. The minimum absolute atomic E-state index is 0.100. The molecule has 0 aromatic carbocycles. The third kappa shape index (κ3) is 1.18. The second kappa shape index (κ2) is 2.72. The SMILES string of the molecule is NC(=O)C1(NC2CC2)CCCC2CC21. The number of carbonyl (C=O) groups is 1. The molecule has 0 bridgehead atoms. The highest BCUT2D eigenvalue weighted by molar-refractivity contribution is 5.86. The second-order valence-corrected chi connectivity index (χ2v) is 5.25. The van der Waals surface area contributed by atoms with Crippen LogP contribution in [0.4, 0.5) is 0 Å². The summed E-state index contributed by atoms with van der Waals surface area (Å²) in [5.41, 5.74) is 5.28. The van der Waals surface area contributed by atoms with Crippen molar-refractivity contribution >= 4 is 5.91 Å². The van der Waals surface area contributed by atoms with Gasteiger partial charge in [-0.3, -0.25) is 4.79 Å². The lowest BCUT2D eigenvalue weighted by Gasteiger charge is -2.35. The molecule has 78 valence electrons. The van der Waals surface area contributed by atoms with Crippen LogP contribution in [0.5, 0.6) is 0 Å². The van der Waals surface area contributed by atoms with E-state index in [-0.39, 0.29) is 11.4 Å². The van der Waals surface area contributed by atoms with E-state index in [2.05, 4.69) is 5.32 Å². The average Bonchev–Trinajstić information content (AvgIpc) is 2.97. The maximum absolute atomic E-state index is 11.6. The molecule has 3 fully saturated rings. The van der Waals surface area contributed by atoms with Gasteiger partial charge < -0.3 is 11.1 Å². The van der Waals surface area contributed by atoms with Crippen molar-refractivity contribution in [1.29, 1.82) is 0 Å². The highest BCUT2D eigenvalue weighted by Gasteiger charge is 2.59. The third-order valence-corrected chi connectivity index (χ3v) is 4.18. The molecule has 0 spiro atoms. The molecule has 3 saturated carbocycles. The molecule has 3 aliphatic rings. The van der Waals surface area contributed by atoms with Gasteiger partial charge in [0.1, 0.15) is 5.54 Å². The Hall–Kier alpha value is -0.570. The first-order chi connectivity index (χ1) is 6.72. The predicted molar refractivity (Wildman–Crippen MR) is 53.5 cm³/mol. The smallest absolute Gasteiger partial charge is 0.238 e. The first kappa shape index (κ1) is 8.72. The summed E-state index contributed by atoms with van der Waals surface area (Å²) in [6.45, 7) is 0. The van der Waals surface area contributed by atoms with Crippen LogP contribution in [0.2, 0.25) is 0 Å². The van der Waals surface area contributed by atoms with Gasteiger partial charge in [0, 0.05) is 6.04 Å². The lowest BCUT2D eigenvalue weighted by atomic mass is 9.80. The van der Waals surface area contributed by atoms with Crippen LogP contribution < -0.4 is 11.1 Å².